The molecule has 1 aromatic heterocycles. The van der Waals surface area contributed by atoms with Crippen molar-refractivity contribution >= 4 is 34.0 Å². The molecule has 0 aliphatic carbocycles. The Balaban J connectivity index is 1.75. The number of Topliss-reactive ketones (excluding diaryl/α,β-unsaturated/α-hetero) is 1. The molecule has 1 unspecified atom stereocenters. The van der Waals surface area contributed by atoms with Crippen LogP contribution in [-0.4, -0.2) is 35.5 Å². The molecule has 1 aliphatic heterocycles. The summed E-state index contributed by atoms with van der Waals surface area (Å²) in [6.07, 6.45) is 1.79. The summed E-state index contributed by atoms with van der Waals surface area (Å²) in [4.78, 5) is 31.8. The number of hydrogen-bond donors (Lipinski definition) is 2. The lowest BCUT2D eigenvalue weighted by molar-refractivity contribution is -0.132. The zero-order chi connectivity index (χ0) is 26.3. The van der Waals surface area contributed by atoms with Gasteiger partial charge in [-0.25, -0.2) is 0 Å². The number of anilines is 1. The molecule has 0 bridgehead atoms. The van der Waals surface area contributed by atoms with Gasteiger partial charge < -0.3 is 19.6 Å². The Hall–Kier alpha value is -4.52. The van der Waals surface area contributed by atoms with E-state index in [9.17, 15) is 14.7 Å². The van der Waals surface area contributed by atoms with Crippen LogP contribution in [0.1, 0.15) is 35.2 Å². The zero-order valence-corrected chi connectivity index (χ0v) is 21.2. The second-order valence-corrected chi connectivity index (χ2v) is 9.02. The summed E-state index contributed by atoms with van der Waals surface area (Å²) in [7, 11) is 1.58. The maximum absolute atomic E-state index is 13.6. The topological polar surface area (TPSA) is 91.9 Å². The van der Waals surface area contributed by atoms with E-state index in [1.165, 1.54) is 4.90 Å². The number of carbonyl (C=O) groups excluding carboxylic acids is 2. The van der Waals surface area contributed by atoms with Crippen LogP contribution in [0, 0.1) is 13.8 Å². The number of carbonyl (C=O) groups is 2. The van der Waals surface area contributed by atoms with Gasteiger partial charge in [0, 0.05) is 33.9 Å². The van der Waals surface area contributed by atoms with E-state index >= 15 is 0 Å². The monoisotopic (exact) mass is 496 g/mol. The van der Waals surface area contributed by atoms with Gasteiger partial charge in [0.1, 0.15) is 17.3 Å². The first-order valence-electron chi connectivity index (χ1n) is 12.1. The molecule has 0 spiro atoms. The highest BCUT2D eigenvalue weighted by molar-refractivity contribution is 6.52. The number of fused-ring (bicyclic) bond motifs is 1. The first-order chi connectivity index (χ1) is 17.8. The van der Waals surface area contributed by atoms with Crippen LogP contribution in [0.3, 0.4) is 0 Å². The number of hydrogen-bond acceptors (Lipinski definition) is 5. The molecule has 7 nitrogen and oxygen atoms in total. The Kier molecular flexibility index (Phi) is 6.21. The van der Waals surface area contributed by atoms with Gasteiger partial charge in [-0.15, -0.1) is 0 Å². The summed E-state index contributed by atoms with van der Waals surface area (Å²) in [5.41, 5.74) is 4.16. The number of H-pyrrole nitrogens is 1. The van der Waals surface area contributed by atoms with Crippen LogP contribution in [-0.2, 0) is 9.59 Å². The molecule has 0 radical (unpaired) electrons. The molecule has 0 saturated carbocycles. The first kappa shape index (κ1) is 24.2. The zero-order valence-electron chi connectivity index (χ0n) is 21.2. The third-order valence-corrected chi connectivity index (χ3v) is 6.78. The van der Waals surface area contributed by atoms with Crippen molar-refractivity contribution < 1.29 is 24.2 Å². The molecule has 2 N–H and O–H groups in total. The minimum absolute atomic E-state index is 0.0382. The quantitative estimate of drug-likeness (QED) is 0.199. The van der Waals surface area contributed by atoms with Crippen molar-refractivity contribution in [3.8, 4) is 11.5 Å². The first-order valence-corrected chi connectivity index (χ1v) is 12.1. The highest BCUT2D eigenvalue weighted by atomic mass is 16.5. The third kappa shape index (κ3) is 4.02. The Morgan fingerprint density at radius 3 is 2.46 bits per heavy atom. The van der Waals surface area contributed by atoms with Gasteiger partial charge in [-0.05, 0) is 74.4 Å². The lowest BCUT2D eigenvalue weighted by Gasteiger charge is -2.25. The molecule has 7 heteroatoms. The highest BCUT2D eigenvalue weighted by Crippen LogP contribution is 2.45. The van der Waals surface area contributed by atoms with Gasteiger partial charge in [0.15, 0.2) is 0 Å². The number of nitrogens with zero attached hydrogens (tertiary/aromatic N) is 1. The summed E-state index contributed by atoms with van der Waals surface area (Å²) in [6.45, 7) is 6.11. The molecule has 3 aromatic carbocycles. The number of aryl methyl sites for hydroxylation is 2. The molecule has 4 aromatic rings. The lowest BCUT2D eigenvalue weighted by atomic mass is 9.92. The SMILES string of the molecule is CCOc1ccc(N2C(=O)C(=O)/C(=C(/O)c3cc(C)c(OC)cc3C)C2c2c[nH]c3ccccc23)cc1. The largest absolute Gasteiger partial charge is 0.507 e. The van der Waals surface area contributed by atoms with Crippen LogP contribution < -0.4 is 14.4 Å². The number of benzene rings is 3. The van der Waals surface area contributed by atoms with Gasteiger partial charge in [0.25, 0.3) is 11.7 Å². The Morgan fingerprint density at radius 2 is 1.76 bits per heavy atom. The number of methoxy groups -OCH3 is 1. The van der Waals surface area contributed by atoms with Crippen LogP contribution in [0.5, 0.6) is 11.5 Å². The number of para-hydroxylation sites is 1. The van der Waals surface area contributed by atoms with Crippen LogP contribution in [0.2, 0.25) is 0 Å². The number of aliphatic hydroxyl groups excluding tert-OH is 1. The van der Waals surface area contributed by atoms with Gasteiger partial charge in [0.2, 0.25) is 0 Å². The molecule has 2 heterocycles. The normalized spacial score (nSPS) is 17.0. The fraction of sp³-hybridized carbons (Fsp3) is 0.200. The maximum atomic E-state index is 13.6. The van der Waals surface area contributed by atoms with E-state index in [4.69, 9.17) is 9.47 Å². The summed E-state index contributed by atoms with van der Waals surface area (Å²) >= 11 is 0. The fourth-order valence-electron chi connectivity index (χ4n) is 4.99. The molecule has 5 rings (SSSR count). The molecule has 188 valence electrons. The number of ketones is 1. The minimum Gasteiger partial charge on any atom is -0.507 e. The number of aromatic amines is 1. The fourth-order valence-corrected chi connectivity index (χ4v) is 4.99. The van der Waals surface area contributed by atoms with Crippen molar-refractivity contribution in [2.75, 3.05) is 18.6 Å². The molecule has 1 fully saturated rings. The Bertz CT molecular complexity index is 1550. The van der Waals surface area contributed by atoms with Crippen molar-refractivity contribution in [3.05, 3.63) is 94.7 Å². The molecule has 1 saturated heterocycles. The van der Waals surface area contributed by atoms with E-state index in [1.807, 2.05) is 51.1 Å². The molecular formula is C30H28N2O5. The van der Waals surface area contributed by atoms with E-state index in [0.29, 0.717) is 34.9 Å². The number of aromatic nitrogens is 1. The number of nitrogens with one attached hydrogen (secondary N) is 1. The number of aliphatic hydroxyl groups is 1. The summed E-state index contributed by atoms with van der Waals surface area (Å²) in [5.74, 6) is -0.323. The highest BCUT2D eigenvalue weighted by Gasteiger charge is 2.47. The minimum atomic E-state index is -0.837. The van der Waals surface area contributed by atoms with E-state index in [-0.39, 0.29) is 11.3 Å². The van der Waals surface area contributed by atoms with Crippen molar-refractivity contribution in [2.24, 2.45) is 0 Å². The Labute approximate surface area is 214 Å². The van der Waals surface area contributed by atoms with E-state index in [2.05, 4.69) is 4.98 Å². The number of ether oxygens (including phenoxy) is 2. The average molecular weight is 497 g/mol. The standard InChI is InChI=1S/C30H28N2O5/c1-5-37-20-12-10-19(11-13-20)32-27(23-16-31-24-9-7-6-8-21(23)24)26(29(34)30(32)35)28(33)22-14-18(3)25(36-4)15-17(22)2/h6-16,27,31,33H,5H2,1-4H3/b28-26+. The molecule has 1 amide bonds. The van der Waals surface area contributed by atoms with Crippen molar-refractivity contribution in [1.82, 2.24) is 4.98 Å². The van der Waals surface area contributed by atoms with Crippen molar-refractivity contribution in [2.45, 2.75) is 26.8 Å². The Morgan fingerprint density at radius 1 is 1.03 bits per heavy atom. The predicted molar refractivity (Wildman–Crippen MR) is 143 cm³/mol. The van der Waals surface area contributed by atoms with Gasteiger partial charge in [-0.1, -0.05) is 18.2 Å². The molecule has 1 atom stereocenters. The second kappa shape index (κ2) is 9.50. The van der Waals surface area contributed by atoms with Gasteiger partial charge in [-0.2, -0.15) is 0 Å². The average Bonchev–Trinajstić information content (AvgIpc) is 3.44. The molecule has 1 aliphatic rings. The summed E-state index contributed by atoms with van der Waals surface area (Å²) in [5, 5.41) is 12.5. The summed E-state index contributed by atoms with van der Waals surface area (Å²) < 4.78 is 11.0. The predicted octanol–water partition coefficient (Wildman–Crippen LogP) is 5.82. The third-order valence-electron chi connectivity index (χ3n) is 6.78. The van der Waals surface area contributed by atoms with Crippen LogP contribution in [0.15, 0.2) is 72.4 Å². The van der Waals surface area contributed by atoms with Crippen molar-refractivity contribution in [1.29, 1.82) is 0 Å². The van der Waals surface area contributed by atoms with Gasteiger partial charge in [-0.3, -0.25) is 14.5 Å². The second-order valence-electron chi connectivity index (χ2n) is 9.02. The van der Waals surface area contributed by atoms with Crippen LogP contribution >= 0.6 is 0 Å². The van der Waals surface area contributed by atoms with Crippen LogP contribution in [0.4, 0.5) is 5.69 Å². The molecule has 37 heavy (non-hydrogen) atoms. The van der Waals surface area contributed by atoms with Gasteiger partial charge in [0.05, 0.1) is 25.3 Å². The summed E-state index contributed by atoms with van der Waals surface area (Å²) in [6, 6.07) is 17.5. The number of amides is 1. The van der Waals surface area contributed by atoms with E-state index in [1.54, 1.807) is 43.6 Å². The van der Waals surface area contributed by atoms with Crippen molar-refractivity contribution in [3.63, 3.8) is 0 Å². The van der Waals surface area contributed by atoms with Gasteiger partial charge >= 0.3 is 0 Å². The lowest BCUT2D eigenvalue weighted by Crippen LogP contribution is -2.29. The van der Waals surface area contributed by atoms with E-state index < -0.39 is 17.7 Å². The van der Waals surface area contributed by atoms with Crippen LogP contribution in [0.25, 0.3) is 16.7 Å². The molecular weight excluding hydrogens is 468 g/mol. The smallest absolute Gasteiger partial charge is 0.300 e. The van der Waals surface area contributed by atoms with E-state index in [0.717, 1.165) is 22.0 Å². The maximum Gasteiger partial charge on any atom is 0.300 e. The number of rotatable bonds is 6.